The Kier molecular flexibility index (Phi) is 3.67. The number of rotatable bonds is 3. The highest BCUT2D eigenvalue weighted by Gasteiger charge is 2.23. The molecule has 1 aromatic rings. The van der Waals surface area contributed by atoms with Crippen molar-refractivity contribution in [3.05, 3.63) is 29.8 Å². The number of anilines is 1. The van der Waals surface area contributed by atoms with Crippen molar-refractivity contribution in [1.29, 1.82) is 0 Å². The minimum Gasteiger partial charge on any atom is -0.399 e. The van der Waals surface area contributed by atoms with E-state index in [0.717, 1.165) is 24.1 Å². The number of likely N-dealkylation sites (N-methyl/N-ethyl adjacent to an activating group) is 1. The van der Waals surface area contributed by atoms with E-state index in [1.54, 1.807) is 0 Å². The summed E-state index contributed by atoms with van der Waals surface area (Å²) in [6, 6.07) is 8.02. The highest BCUT2D eigenvalue weighted by Crippen LogP contribution is 2.23. The molecule has 1 aliphatic carbocycles. The molecule has 2 N–H and O–H groups in total. The molecule has 0 unspecified atom stereocenters. The molecule has 0 saturated heterocycles. The lowest BCUT2D eigenvalue weighted by Gasteiger charge is -2.24. The SMILES string of the molecule is CN(C(=O)Cc1cccc(N)c1)C1CCCC1. The smallest absolute Gasteiger partial charge is 0.226 e. The van der Waals surface area contributed by atoms with Crippen molar-refractivity contribution < 1.29 is 4.79 Å². The summed E-state index contributed by atoms with van der Waals surface area (Å²) in [5.74, 6) is 0.197. The van der Waals surface area contributed by atoms with E-state index in [4.69, 9.17) is 5.73 Å². The summed E-state index contributed by atoms with van der Waals surface area (Å²) in [6.07, 6.45) is 5.26. The van der Waals surface area contributed by atoms with Crippen molar-refractivity contribution in [2.24, 2.45) is 0 Å². The van der Waals surface area contributed by atoms with Crippen LogP contribution < -0.4 is 5.73 Å². The molecule has 0 aromatic heterocycles. The molecule has 0 aliphatic heterocycles. The maximum atomic E-state index is 12.1. The van der Waals surface area contributed by atoms with Crippen molar-refractivity contribution >= 4 is 11.6 Å². The maximum Gasteiger partial charge on any atom is 0.226 e. The highest BCUT2D eigenvalue weighted by atomic mass is 16.2. The first kappa shape index (κ1) is 12.0. The van der Waals surface area contributed by atoms with Crippen LogP contribution in [0.25, 0.3) is 0 Å². The molecule has 0 radical (unpaired) electrons. The Morgan fingerprint density at radius 3 is 2.76 bits per heavy atom. The molecule has 1 aliphatic rings. The number of amides is 1. The number of carbonyl (C=O) groups is 1. The largest absolute Gasteiger partial charge is 0.399 e. The highest BCUT2D eigenvalue weighted by molar-refractivity contribution is 5.79. The lowest BCUT2D eigenvalue weighted by atomic mass is 10.1. The average Bonchev–Trinajstić information content (AvgIpc) is 2.81. The van der Waals surface area contributed by atoms with Gasteiger partial charge in [-0.3, -0.25) is 4.79 Å². The minimum absolute atomic E-state index is 0.197. The Labute approximate surface area is 103 Å². The normalized spacial score (nSPS) is 16.1. The summed E-state index contributed by atoms with van der Waals surface area (Å²) in [6.45, 7) is 0. The van der Waals surface area contributed by atoms with Crippen molar-refractivity contribution in [3.63, 3.8) is 0 Å². The Morgan fingerprint density at radius 1 is 1.41 bits per heavy atom. The third-order valence-corrected chi connectivity index (χ3v) is 3.57. The number of nitrogen functional groups attached to an aromatic ring is 1. The summed E-state index contributed by atoms with van der Waals surface area (Å²) in [7, 11) is 1.92. The molecule has 0 atom stereocenters. The van der Waals surface area contributed by atoms with Crippen LogP contribution >= 0.6 is 0 Å². The van der Waals surface area contributed by atoms with Crippen LogP contribution in [0.1, 0.15) is 31.2 Å². The third-order valence-electron chi connectivity index (χ3n) is 3.57. The Hall–Kier alpha value is -1.51. The van der Waals surface area contributed by atoms with Gasteiger partial charge < -0.3 is 10.6 Å². The molecule has 0 spiro atoms. The standard InChI is InChI=1S/C14H20N2O/c1-16(13-7-2-3-8-13)14(17)10-11-5-4-6-12(15)9-11/h4-6,9,13H,2-3,7-8,10,15H2,1H3. The van der Waals surface area contributed by atoms with E-state index >= 15 is 0 Å². The molecule has 1 amide bonds. The first-order chi connectivity index (χ1) is 8.16. The molecule has 2 rings (SSSR count). The third kappa shape index (κ3) is 2.99. The number of benzene rings is 1. The molecular formula is C14H20N2O. The van der Waals surface area contributed by atoms with Crippen LogP contribution in [-0.2, 0) is 11.2 Å². The Morgan fingerprint density at radius 2 is 2.12 bits per heavy atom. The lowest BCUT2D eigenvalue weighted by molar-refractivity contribution is -0.131. The second kappa shape index (κ2) is 5.21. The first-order valence-corrected chi connectivity index (χ1v) is 6.27. The molecule has 92 valence electrons. The molecule has 0 bridgehead atoms. The Bertz CT molecular complexity index is 397. The van der Waals surface area contributed by atoms with Gasteiger partial charge in [-0.05, 0) is 30.5 Å². The van der Waals surface area contributed by atoms with Crippen molar-refractivity contribution in [3.8, 4) is 0 Å². The van der Waals surface area contributed by atoms with E-state index in [1.165, 1.54) is 12.8 Å². The molecular weight excluding hydrogens is 212 g/mol. The van der Waals surface area contributed by atoms with Crippen molar-refractivity contribution in [2.75, 3.05) is 12.8 Å². The molecule has 0 heterocycles. The van der Waals surface area contributed by atoms with Crippen LogP contribution in [0.3, 0.4) is 0 Å². The van der Waals surface area contributed by atoms with Crippen molar-refractivity contribution in [2.45, 2.75) is 38.1 Å². The molecule has 3 heteroatoms. The van der Waals surface area contributed by atoms with Gasteiger partial charge in [-0.25, -0.2) is 0 Å². The van der Waals surface area contributed by atoms with Crippen LogP contribution in [0.15, 0.2) is 24.3 Å². The average molecular weight is 232 g/mol. The van der Waals surface area contributed by atoms with Gasteiger partial charge in [0.15, 0.2) is 0 Å². The summed E-state index contributed by atoms with van der Waals surface area (Å²) in [5.41, 5.74) is 7.43. The number of nitrogens with two attached hydrogens (primary N) is 1. The maximum absolute atomic E-state index is 12.1. The number of nitrogens with zero attached hydrogens (tertiary/aromatic N) is 1. The quantitative estimate of drug-likeness (QED) is 0.812. The molecule has 1 fully saturated rings. The summed E-state index contributed by atoms with van der Waals surface area (Å²) in [5, 5.41) is 0. The van der Waals surface area contributed by atoms with Gasteiger partial charge in [0.1, 0.15) is 0 Å². The van der Waals surface area contributed by atoms with Gasteiger partial charge in [0.05, 0.1) is 6.42 Å². The monoisotopic (exact) mass is 232 g/mol. The van der Waals surface area contributed by atoms with E-state index in [9.17, 15) is 4.79 Å². The van der Waals surface area contributed by atoms with Crippen LogP contribution in [0.4, 0.5) is 5.69 Å². The van der Waals surface area contributed by atoms with Gasteiger partial charge in [0, 0.05) is 18.8 Å². The second-order valence-electron chi connectivity index (χ2n) is 4.86. The molecule has 17 heavy (non-hydrogen) atoms. The van der Waals surface area contributed by atoms with Crippen molar-refractivity contribution in [1.82, 2.24) is 4.90 Å². The van der Waals surface area contributed by atoms with Crippen LogP contribution in [0.5, 0.6) is 0 Å². The van der Waals surface area contributed by atoms with E-state index in [1.807, 2.05) is 36.2 Å². The number of hydrogen-bond donors (Lipinski definition) is 1. The fourth-order valence-electron chi connectivity index (χ4n) is 2.50. The first-order valence-electron chi connectivity index (χ1n) is 6.27. The summed E-state index contributed by atoms with van der Waals surface area (Å²) in [4.78, 5) is 14.0. The lowest BCUT2D eigenvalue weighted by Crippen LogP contribution is -2.36. The van der Waals surface area contributed by atoms with Gasteiger partial charge in [-0.2, -0.15) is 0 Å². The minimum atomic E-state index is 0.197. The molecule has 1 saturated carbocycles. The zero-order chi connectivity index (χ0) is 12.3. The zero-order valence-corrected chi connectivity index (χ0v) is 10.4. The fourth-order valence-corrected chi connectivity index (χ4v) is 2.50. The van der Waals surface area contributed by atoms with Crippen LogP contribution in [0, 0.1) is 0 Å². The summed E-state index contributed by atoms with van der Waals surface area (Å²) < 4.78 is 0. The molecule has 3 nitrogen and oxygen atoms in total. The summed E-state index contributed by atoms with van der Waals surface area (Å²) >= 11 is 0. The van der Waals surface area contributed by atoms with Gasteiger partial charge in [0.2, 0.25) is 5.91 Å². The Balaban J connectivity index is 1.96. The predicted molar refractivity (Wildman–Crippen MR) is 69.6 cm³/mol. The van der Waals surface area contributed by atoms with E-state index in [0.29, 0.717) is 12.5 Å². The fraction of sp³-hybridized carbons (Fsp3) is 0.500. The van der Waals surface area contributed by atoms with E-state index in [2.05, 4.69) is 0 Å². The number of hydrogen-bond acceptors (Lipinski definition) is 2. The predicted octanol–water partition coefficient (Wildman–Crippen LogP) is 2.21. The van der Waals surface area contributed by atoms with Gasteiger partial charge in [0.25, 0.3) is 0 Å². The van der Waals surface area contributed by atoms with E-state index < -0.39 is 0 Å². The topological polar surface area (TPSA) is 46.3 Å². The van der Waals surface area contributed by atoms with Gasteiger partial charge >= 0.3 is 0 Å². The van der Waals surface area contributed by atoms with Gasteiger partial charge in [-0.1, -0.05) is 25.0 Å². The van der Waals surface area contributed by atoms with Crippen LogP contribution in [-0.4, -0.2) is 23.9 Å². The van der Waals surface area contributed by atoms with Gasteiger partial charge in [-0.15, -0.1) is 0 Å². The zero-order valence-electron chi connectivity index (χ0n) is 10.4. The van der Waals surface area contributed by atoms with E-state index in [-0.39, 0.29) is 5.91 Å². The number of carbonyl (C=O) groups excluding carboxylic acids is 1. The van der Waals surface area contributed by atoms with Crippen LogP contribution in [0.2, 0.25) is 0 Å². The molecule has 1 aromatic carbocycles. The second-order valence-corrected chi connectivity index (χ2v) is 4.86.